The van der Waals surface area contributed by atoms with Gasteiger partial charge < -0.3 is 19.3 Å². The van der Waals surface area contributed by atoms with Crippen LogP contribution >= 0.6 is 7.82 Å². The van der Waals surface area contributed by atoms with Crippen molar-refractivity contribution in [1.29, 1.82) is 0 Å². The maximum atomic E-state index is 12.3. The van der Waals surface area contributed by atoms with Gasteiger partial charge in [0.25, 0.3) is 0 Å². The Balaban J connectivity index is 3.95. The van der Waals surface area contributed by atoms with Crippen molar-refractivity contribution >= 4 is 19.8 Å². The molecule has 0 aromatic carbocycles. The zero-order valence-corrected chi connectivity index (χ0v) is 30.6. The zero-order valence-electron chi connectivity index (χ0n) is 29.7. The van der Waals surface area contributed by atoms with Gasteiger partial charge in [0.1, 0.15) is 6.61 Å². The van der Waals surface area contributed by atoms with E-state index >= 15 is 0 Å². The Morgan fingerprint density at radius 1 is 0.543 bits per heavy atom. The number of hydrogen-bond acceptors (Lipinski definition) is 6. The van der Waals surface area contributed by atoms with Crippen LogP contribution in [0.2, 0.25) is 0 Å². The Morgan fingerprint density at radius 2 is 0.913 bits per heavy atom. The molecule has 0 fully saturated rings. The molecule has 0 saturated carbocycles. The second-order valence-electron chi connectivity index (χ2n) is 12.9. The van der Waals surface area contributed by atoms with Gasteiger partial charge in [-0.05, 0) is 38.5 Å². The molecule has 0 bridgehead atoms. The standard InChI is InChI=1S/C37H71O8P/c1-3-5-7-9-11-13-15-17-18-20-21-23-25-27-29-31-36(38)43-33-35(34-44-46(40,41)42)45-37(39)32-30-28-26-24-22-19-16-14-12-10-8-6-4-2/h17-18,35H,3-16,19-34H2,1-2H3,(H2,40,41,42). The lowest BCUT2D eigenvalue weighted by molar-refractivity contribution is -0.161. The van der Waals surface area contributed by atoms with E-state index in [2.05, 4.69) is 30.5 Å². The Bertz CT molecular complexity index is 766. The number of esters is 2. The van der Waals surface area contributed by atoms with Crippen molar-refractivity contribution in [2.24, 2.45) is 0 Å². The van der Waals surface area contributed by atoms with Crippen LogP contribution < -0.4 is 0 Å². The Hall–Kier alpha value is -1.21. The van der Waals surface area contributed by atoms with E-state index in [4.69, 9.17) is 19.3 Å². The largest absolute Gasteiger partial charge is 0.469 e. The molecule has 0 saturated heterocycles. The lowest BCUT2D eigenvalue weighted by Gasteiger charge is -2.18. The van der Waals surface area contributed by atoms with Crippen molar-refractivity contribution in [3.63, 3.8) is 0 Å². The van der Waals surface area contributed by atoms with Crippen LogP contribution in [0.25, 0.3) is 0 Å². The Labute approximate surface area is 282 Å². The summed E-state index contributed by atoms with van der Waals surface area (Å²) in [4.78, 5) is 42.7. The molecule has 0 aliphatic carbocycles. The molecule has 0 aliphatic rings. The molecule has 1 unspecified atom stereocenters. The highest BCUT2D eigenvalue weighted by Gasteiger charge is 2.22. The van der Waals surface area contributed by atoms with E-state index in [0.29, 0.717) is 6.42 Å². The van der Waals surface area contributed by atoms with Crippen molar-refractivity contribution in [3.8, 4) is 0 Å². The quantitative estimate of drug-likeness (QED) is 0.0295. The average molecular weight is 675 g/mol. The van der Waals surface area contributed by atoms with Crippen molar-refractivity contribution in [3.05, 3.63) is 12.2 Å². The van der Waals surface area contributed by atoms with E-state index in [1.165, 1.54) is 103 Å². The number of phosphoric ester groups is 1. The minimum atomic E-state index is -4.74. The molecule has 46 heavy (non-hydrogen) atoms. The predicted molar refractivity (Wildman–Crippen MR) is 189 cm³/mol. The summed E-state index contributed by atoms with van der Waals surface area (Å²) in [6.45, 7) is 3.67. The van der Waals surface area contributed by atoms with E-state index in [-0.39, 0.29) is 19.4 Å². The van der Waals surface area contributed by atoms with E-state index in [1.54, 1.807) is 0 Å². The summed E-state index contributed by atoms with van der Waals surface area (Å²) in [6.07, 6.45) is 35.0. The third-order valence-electron chi connectivity index (χ3n) is 8.28. The van der Waals surface area contributed by atoms with Crippen molar-refractivity contribution < 1.29 is 37.9 Å². The van der Waals surface area contributed by atoms with E-state index in [9.17, 15) is 14.2 Å². The minimum absolute atomic E-state index is 0.215. The van der Waals surface area contributed by atoms with Crippen LogP contribution in [0.1, 0.15) is 194 Å². The van der Waals surface area contributed by atoms with Gasteiger partial charge in [0.2, 0.25) is 0 Å². The van der Waals surface area contributed by atoms with E-state index in [1.807, 2.05) is 0 Å². The molecule has 0 spiro atoms. The molecule has 2 N–H and O–H groups in total. The van der Waals surface area contributed by atoms with E-state index in [0.717, 1.165) is 57.8 Å². The summed E-state index contributed by atoms with van der Waals surface area (Å²) in [5.74, 6) is -0.887. The molecule has 0 radical (unpaired) electrons. The summed E-state index contributed by atoms with van der Waals surface area (Å²) in [6, 6.07) is 0. The molecular weight excluding hydrogens is 603 g/mol. The number of ether oxygens (including phenoxy) is 2. The molecule has 8 nitrogen and oxygen atoms in total. The fourth-order valence-electron chi connectivity index (χ4n) is 5.43. The first kappa shape index (κ1) is 44.8. The highest BCUT2D eigenvalue weighted by molar-refractivity contribution is 7.46. The molecule has 0 rings (SSSR count). The monoisotopic (exact) mass is 674 g/mol. The third-order valence-corrected chi connectivity index (χ3v) is 8.77. The van der Waals surface area contributed by atoms with Crippen LogP contribution in [0.15, 0.2) is 12.2 Å². The number of rotatable bonds is 35. The first-order valence-electron chi connectivity index (χ1n) is 19.0. The molecule has 0 aromatic rings. The summed E-state index contributed by atoms with van der Waals surface area (Å²) in [5, 5.41) is 0. The lowest BCUT2D eigenvalue weighted by atomic mass is 10.0. The first-order valence-corrected chi connectivity index (χ1v) is 20.5. The minimum Gasteiger partial charge on any atom is -0.462 e. The number of unbranched alkanes of at least 4 members (excludes halogenated alkanes) is 23. The smallest absolute Gasteiger partial charge is 0.462 e. The van der Waals surface area contributed by atoms with Gasteiger partial charge in [-0.25, -0.2) is 4.57 Å². The maximum absolute atomic E-state index is 12.3. The van der Waals surface area contributed by atoms with Gasteiger partial charge in [-0.1, -0.05) is 154 Å². The maximum Gasteiger partial charge on any atom is 0.469 e. The van der Waals surface area contributed by atoms with Crippen molar-refractivity contribution in [2.45, 2.75) is 200 Å². The van der Waals surface area contributed by atoms with Gasteiger partial charge in [-0.2, -0.15) is 0 Å². The van der Waals surface area contributed by atoms with Crippen LogP contribution in [-0.4, -0.2) is 41.0 Å². The van der Waals surface area contributed by atoms with Crippen LogP contribution in [0.5, 0.6) is 0 Å². The van der Waals surface area contributed by atoms with Crippen molar-refractivity contribution in [1.82, 2.24) is 0 Å². The number of carbonyl (C=O) groups excluding carboxylic acids is 2. The predicted octanol–water partition coefficient (Wildman–Crippen LogP) is 11.1. The second-order valence-corrected chi connectivity index (χ2v) is 14.1. The summed E-state index contributed by atoms with van der Waals surface area (Å²) in [5.41, 5.74) is 0. The first-order chi connectivity index (χ1) is 22.3. The number of allylic oxidation sites excluding steroid dienone is 2. The third kappa shape index (κ3) is 35.6. The molecule has 0 heterocycles. The molecule has 272 valence electrons. The normalized spacial score (nSPS) is 12.5. The van der Waals surface area contributed by atoms with Crippen LogP contribution in [0.3, 0.4) is 0 Å². The molecule has 0 amide bonds. The average Bonchev–Trinajstić information content (AvgIpc) is 3.02. The van der Waals surface area contributed by atoms with Gasteiger partial charge in [-0.3, -0.25) is 14.1 Å². The fourth-order valence-corrected chi connectivity index (χ4v) is 5.79. The zero-order chi connectivity index (χ0) is 34.0. The SMILES string of the molecule is CCCCCCCCC=CCCCCCCCC(=O)OCC(COP(=O)(O)O)OC(=O)CCCCCCCCCCCCCCC. The molecule has 1 atom stereocenters. The number of hydrogen-bond donors (Lipinski definition) is 2. The topological polar surface area (TPSA) is 119 Å². The molecular formula is C37H71O8P. The Kier molecular flexibility index (Phi) is 32.8. The van der Waals surface area contributed by atoms with Gasteiger partial charge in [-0.15, -0.1) is 0 Å². The summed E-state index contributed by atoms with van der Waals surface area (Å²) >= 11 is 0. The molecule has 0 aromatic heterocycles. The highest BCUT2D eigenvalue weighted by atomic mass is 31.2. The van der Waals surface area contributed by atoms with Crippen LogP contribution in [0.4, 0.5) is 0 Å². The molecule has 0 aliphatic heterocycles. The highest BCUT2D eigenvalue weighted by Crippen LogP contribution is 2.36. The summed E-state index contributed by atoms with van der Waals surface area (Å²) < 4.78 is 26.3. The molecule has 9 heteroatoms. The van der Waals surface area contributed by atoms with Gasteiger partial charge in [0.05, 0.1) is 6.61 Å². The van der Waals surface area contributed by atoms with Crippen molar-refractivity contribution in [2.75, 3.05) is 13.2 Å². The fraction of sp³-hybridized carbons (Fsp3) is 0.892. The van der Waals surface area contributed by atoms with Gasteiger partial charge >= 0.3 is 19.8 Å². The lowest BCUT2D eigenvalue weighted by Crippen LogP contribution is -2.29. The van der Waals surface area contributed by atoms with Crippen LogP contribution in [-0.2, 0) is 28.2 Å². The number of phosphoric acid groups is 1. The van der Waals surface area contributed by atoms with Gasteiger partial charge in [0, 0.05) is 12.8 Å². The number of carbonyl (C=O) groups is 2. The summed E-state index contributed by atoms with van der Waals surface area (Å²) in [7, 11) is -4.74. The van der Waals surface area contributed by atoms with Crippen LogP contribution in [0, 0.1) is 0 Å². The van der Waals surface area contributed by atoms with Gasteiger partial charge in [0.15, 0.2) is 6.10 Å². The Morgan fingerprint density at radius 3 is 1.33 bits per heavy atom. The second kappa shape index (κ2) is 33.7. The van der Waals surface area contributed by atoms with E-state index < -0.39 is 32.5 Å².